The number of nitrogens with one attached hydrogen (secondary N) is 1. The molecule has 30 heavy (non-hydrogen) atoms. The summed E-state index contributed by atoms with van der Waals surface area (Å²) in [5.74, 6) is 0.246. The predicted molar refractivity (Wildman–Crippen MR) is 115 cm³/mol. The number of carbonyl (C=O) groups excluding carboxylic acids is 1. The standard InChI is InChI=1S/C23H35F3N2O2/c1-6-8-17(14-19(9-7-2)23(24,25)26)15-27-20(30-5)16-28-21(29)18-10-12-22(3,4)13-11-18/h6,8-9,14,18H,7,10-13,15-16H2,1-5H3,(H,28,29)/b8-6-,17-14+,19-9-,27-20?. The van der Waals surface area contributed by atoms with Crippen molar-refractivity contribution in [3.05, 3.63) is 35.5 Å². The summed E-state index contributed by atoms with van der Waals surface area (Å²) in [4.78, 5) is 16.7. The minimum atomic E-state index is -4.42. The molecule has 0 bridgehead atoms. The van der Waals surface area contributed by atoms with E-state index in [0.29, 0.717) is 5.57 Å². The van der Waals surface area contributed by atoms with Crippen molar-refractivity contribution in [3.63, 3.8) is 0 Å². The van der Waals surface area contributed by atoms with Crippen LogP contribution < -0.4 is 5.32 Å². The third-order valence-corrected chi connectivity index (χ3v) is 5.27. The quantitative estimate of drug-likeness (QED) is 0.303. The Kier molecular flexibility index (Phi) is 10.4. The average molecular weight is 429 g/mol. The van der Waals surface area contributed by atoms with Crippen LogP contribution in [0.1, 0.15) is 59.8 Å². The summed E-state index contributed by atoms with van der Waals surface area (Å²) in [7, 11) is 1.44. The number of allylic oxidation sites excluding steroid dienone is 4. The van der Waals surface area contributed by atoms with Gasteiger partial charge in [0, 0.05) is 5.92 Å². The van der Waals surface area contributed by atoms with Gasteiger partial charge in [0.2, 0.25) is 11.8 Å². The van der Waals surface area contributed by atoms with Crippen molar-refractivity contribution in [1.82, 2.24) is 5.32 Å². The van der Waals surface area contributed by atoms with Crippen LogP contribution in [0.2, 0.25) is 0 Å². The van der Waals surface area contributed by atoms with Crippen molar-refractivity contribution >= 4 is 11.8 Å². The zero-order chi connectivity index (χ0) is 22.8. The Morgan fingerprint density at radius 2 is 1.90 bits per heavy atom. The molecule has 170 valence electrons. The highest BCUT2D eigenvalue weighted by Crippen LogP contribution is 2.37. The van der Waals surface area contributed by atoms with E-state index in [0.717, 1.165) is 37.8 Å². The van der Waals surface area contributed by atoms with Gasteiger partial charge in [0.05, 0.1) is 25.8 Å². The van der Waals surface area contributed by atoms with E-state index in [1.165, 1.54) is 7.11 Å². The number of amides is 1. The number of alkyl halides is 3. The maximum absolute atomic E-state index is 13.2. The summed E-state index contributed by atoms with van der Waals surface area (Å²) in [5.41, 5.74) is -0.00171. The van der Waals surface area contributed by atoms with E-state index >= 15 is 0 Å². The Labute approximate surface area is 178 Å². The second-order valence-electron chi connectivity index (χ2n) is 8.36. The lowest BCUT2D eigenvalue weighted by Gasteiger charge is -2.33. The van der Waals surface area contributed by atoms with Crippen LogP contribution in [-0.2, 0) is 9.53 Å². The molecule has 0 aromatic heterocycles. The maximum atomic E-state index is 13.2. The fourth-order valence-corrected chi connectivity index (χ4v) is 3.38. The molecule has 1 N–H and O–H groups in total. The molecule has 1 amide bonds. The first-order chi connectivity index (χ1) is 14.0. The number of rotatable bonds is 8. The monoisotopic (exact) mass is 428 g/mol. The van der Waals surface area contributed by atoms with E-state index in [-0.39, 0.29) is 42.6 Å². The Hall–Kier alpha value is -2.05. The van der Waals surface area contributed by atoms with Gasteiger partial charge in [0.1, 0.15) is 0 Å². The molecule has 0 aromatic carbocycles. The number of hydrogen-bond donors (Lipinski definition) is 1. The van der Waals surface area contributed by atoms with E-state index in [4.69, 9.17) is 4.74 Å². The smallest absolute Gasteiger partial charge is 0.416 e. The molecule has 0 unspecified atom stereocenters. The lowest BCUT2D eigenvalue weighted by atomic mass is 9.73. The molecule has 7 heteroatoms. The second-order valence-corrected chi connectivity index (χ2v) is 8.36. The zero-order valence-corrected chi connectivity index (χ0v) is 18.7. The fraction of sp³-hybridized carbons (Fsp3) is 0.652. The summed E-state index contributed by atoms with van der Waals surface area (Å²) in [6.07, 6.45) is 5.12. The van der Waals surface area contributed by atoms with Crippen molar-refractivity contribution < 1.29 is 22.7 Å². The van der Waals surface area contributed by atoms with E-state index < -0.39 is 11.7 Å². The van der Waals surface area contributed by atoms with Gasteiger partial charge in [0.15, 0.2) is 0 Å². The van der Waals surface area contributed by atoms with Crippen molar-refractivity contribution in [2.45, 2.75) is 66.0 Å². The molecule has 0 aromatic rings. The minimum absolute atomic E-state index is 0.0110. The highest BCUT2D eigenvalue weighted by atomic mass is 19.4. The number of methoxy groups -OCH3 is 1. The molecule has 1 saturated carbocycles. The van der Waals surface area contributed by atoms with E-state index in [2.05, 4.69) is 24.2 Å². The molecule has 1 rings (SSSR count). The summed E-state index contributed by atoms with van der Waals surface area (Å²) in [6, 6.07) is 0. The van der Waals surface area contributed by atoms with Gasteiger partial charge >= 0.3 is 6.18 Å². The molecule has 1 aliphatic rings. The van der Waals surface area contributed by atoms with Crippen molar-refractivity contribution in [1.29, 1.82) is 0 Å². The molecule has 1 fully saturated rings. The largest absolute Gasteiger partial charge is 0.483 e. The number of aliphatic imine (C=N–C) groups is 1. The van der Waals surface area contributed by atoms with Crippen LogP contribution in [0, 0.1) is 11.3 Å². The predicted octanol–water partition coefficient (Wildman–Crippen LogP) is 5.77. The van der Waals surface area contributed by atoms with E-state index in [1.807, 2.05) is 0 Å². The highest BCUT2D eigenvalue weighted by molar-refractivity contribution is 5.86. The number of nitrogens with zero attached hydrogens (tertiary/aromatic N) is 1. The van der Waals surface area contributed by atoms with Crippen molar-refractivity contribution in [2.24, 2.45) is 16.3 Å². The number of halogens is 3. The molecular weight excluding hydrogens is 393 g/mol. The SMILES string of the molecule is C\C=C/C(=C\C(=C\CC)C(F)(F)F)CN=C(CNC(=O)C1CCC(C)(C)CC1)OC. The Morgan fingerprint density at radius 3 is 2.40 bits per heavy atom. The second kappa shape index (κ2) is 12.0. The molecule has 0 aliphatic heterocycles. The first-order valence-electron chi connectivity index (χ1n) is 10.5. The number of carbonyl (C=O) groups is 1. The Morgan fingerprint density at radius 1 is 1.27 bits per heavy atom. The molecule has 0 heterocycles. The van der Waals surface area contributed by atoms with Gasteiger partial charge in [-0.25, -0.2) is 4.99 Å². The molecule has 0 atom stereocenters. The van der Waals surface area contributed by atoms with E-state index in [1.54, 1.807) is 26.0 Å². The summed E-state index contributed by atoms with van der Waals surface area (Å²) < 4.78 is 44.7. The summed E-state index contributed by atoms with van der Waals surface area (Å²) in [6.45, 7) is 7.97. The highest BCUT2D eigenvalue weighted by Gasteiger charge is 2.32. The van der Waals surface area contributed by atoms with Crippen LogP contribution in [0.5, 0.6) is 0 Å². The number of hydrogen-bond acceptors (Lipinski definition) is 3. The van der Waals surface area contributed by atoms with Gasteiger partial charge in [0.25, 0.3) is 0 Å². The van der Waals surface area contributed by atoms with Crippen LogP contribution in [0.15, 0.2) is 40.4 Å². The molecule has 0 saturated heterocycles. The topological polar surface area (TPSA) is 50.7 Å². The van der Waals surface area contributed by atoms with Gasteiger partial charge in [-0.3, -0.25) is 4.79 Å². The average Bonchev–Trinajstić information content (AvgIpc) is 2.66. The normalized spacial score (nSPS) is 19.3. The third-order valence-electron chi connectivity index (χ3n) is 5.27. The molecule has 4 nitrogen and oxygen atoms in total. The first-order valence-corrected chi connectivity index (χ1v) is 10.5. The van der Waals surface area contributed by atoms with Gasteiger partial charge < -0.3 is 10.1 Å². The first kappa shape index (κ1) is 26.0. The van der Waals surface area contributed by atoms with Crippen LogP contribution in [0.3, 0.4) is 0 Å². The van der Waals surface area contributed by atoms with Gasteiger partial charge in [-0.05, 0) is 56.1 Å². The van der Waals surface area contributed by atoms with Gasteiger partial charge in [-0.1, -0.05) is 39.0 Å². The summed E-state index contributed by atoms with van der Waals surface area (Å²) in [5, 5.41) is 2.85. The van der Waals surface area contributed by atoms with Crippen molar-refractivity contribution in [2.75, 3.05) is 20.2 Å². The molecule has 0 radical (unpaired) electrons. The van der Waals surface area contributed by atoms with Crippen LogP contribution >= 0.6 is 0 Å². The number of ether oxygens (including phenoxy) is 1. The van der Waals surface area contributed by atoms with Crippen molar-refractivity contribution in [3.8, 4) is 0 Å². The Balaban J connectivity index is 2.76. The lowest BCUT2D eigenvalue weighted by molar-refractivity contribution is -0.126. The minimum Gasteiger partial charge on any atom is -0.483 e. The zero-order valence-electron chi connectivity index (χ0n) is 18.7. The van der Waals surface area contributed by atoms with E-state index in [9.17, 15) is 18.0 Å². The summed E-state index contributed by atoms with van der Waals surface area (Å²) >= 11 is 0. The molecule has 0 spiro atoms. The molecule has 1 aliphatic carbocycles. The third kappa shape index (κ3) is 9.18. The lowest BCUT2D eigenvalue weighted by Crippen LogP contribution is -2.37. The van der Waals surface area contributed by atoms with Gasteiger partial charge in [-0.15, -0.1) is 0 Å². The fourth-order valence-electron chi connectivity index (χ4n) is 3.38. The van der Waals surface area contributed by atoms with Gasteiger partial charge in [-0.2, -0.15) is 13.2 Å². The Bertz CT molecular complexity index is 679. The molecular formula is C23H35F3N2O2. The van der Waals surface area contributed by atoms with Crippen LogP contribution in [0.4, 0.5) is 13.2 Å². The maximum Gasteiger partial charge on any atom is 0.416 e. The van der Waals surface area contributed by atoms with Crippen LogP contribution in [-0.4, -0.2) is 38.2 Å². The van der Waals surface area contributed by atoms with Crippen LogP contribution in [0.25, 0.3) is 0 Å².